The first-order chi connectivity index (χ1) is 12.7. The lowest BCUT2D eigenvalue weighted by atomic mass is 10.2. The van der Waals surface area contributed by atoms with Gasteiger partial charge in [-0.15, -0.1) is 0 Å². The Balaban J connectivity index is 1.56. The minimum absolute atomic E-state index is 0.232. The summed E-state index contributed by atoms with van der Waals surface area (Å²) in [4.78, 5) is 6.85. The third kappa shape index (κ3) is 5.09. The molecule has 1 heterocycles. The van der Waals surface area contributed by atoms with Crippen molar-refractivity contribution in [3.05, 3.63) is 77.6 Å². The van der Waals surface area contributed by atoms with Gasteiger partial charge in [-0.05, 0) is 42.3 Å². The van der Waals surface area contributed by atoms with Crippen LogP contribution in [0.25, 0.3) is 0 Å². The van der Waals surface area contributed by atoms with Crippen molar-refractivity contribution in [1.82, 2.24) is 10.6 Å². The van der Waals surface area contributed by atoms with Crippen LogP contribution in [-0.2, 0) is 13.1 Å². The highest BCUT2D eigenvalue weighted by Gasteiger charge is 2.07. The van der Waals surface area contributed by atoms with Gasteiger partial charge in [0.1, 0.15) is 5.82 Å². The Morgan fingerprint density at radius 2 is 1.81 bits per heavy atom. The van der Waals surface area contributed by atoms with Gasteiger partial charge in [0.2, 0.25) is 0 Å². The second-order valence-electron chi connectivity index (χ2n) is 6.22. The lowest BCUT2D eigenvalue weighted by Crippen LogP contribution is -2.36. The molecule has 0 aliphatic carbocycles. The molecule has 0 bridgehead atoms. The quantitative estimate of drug-likeness (QED) is 0.475. The number of nitrogens with one attached hydrogen (secondary N) is 2. The van der Waals surface area contributed by atoms with Crippen LogP contribution in [0.5, 0.6) is 0 Å². The van der Waals surface area contributed by atoms with Crippen molar-refractivity contribution >= 4 is 11.6 Å². The van der Waals surface area contributed by atoms with Crippen LogP contribution in [0, 0.1) is 5.82 Å². The van der Waals surface area contributed by atoms with Crippen LogP contribution in [0.1, 0.15) is 18.1 Å². The number of anilines is 1. The second kappa shape index (κ2) is 9.04. The molecule has 2 aromatic carbocycles. The van der Waals surface area contributed by atoms with Gasteiger partial charge in [0.05, 0.1) is 6.54 Å². The average Bonchev–Trinajstić information content (AvgIpc) is 3.19. The molecule has 4 nitrogen and oxygen atoms in total. The molecule has 0 amide bonds. The molecule has 0 saturated heterocycles. The molecule has 2 aromatic rings. The molecule has 0 unspecified atom stereocenters. The molecule has 136 valence electrons. The molecular formula is C21H25FN4. The maximum atomic E-state index is 13.3. The molecule has 1 aliphatic rings. The Kier molecular flexibility index (Phi) is 6.25. The summed E-state index contributed by atoms with van der Waals surface area (Å²) < 4.78 is 13.3. The van der Waals surface area contributed by atoms with E-state index in [2.05, 4.69) is 56.9 Å². The van der Waals surface area contributed by atoms with E-state index in [4.69, 9.17) is 0 Å². The van der Waals surface area contributed by atoms with Gasteiger partial charge < -0.3 is 15.5 Å². The molecule has 0 spiro atoms. The predicted octanol–water partition coefficient (Wildman–Crippen LogP) is 3.46. The molecular weight excluding hydrogens is 327 g/mol. The van der Waals surface area contributed by atoms with Crippen molar-refractivity contribution in [1.29, 1.82) is 0 Å². The Morgan fingerprint density at radius 3 is 2.50 bits per heavy atom. The zero-order valence-electron chi connectivity index (χ0n) is 15.1. The lowest BCUT2D eigenvalue weighted by Gasteiger charge is -2.18. The number of hydrogen-bond acceptors (Lipinski definition) is 2. The van der Waals surface area contributed by atoms with Gasteiger partial charge in [-0.3, -0.25) is 0 Å². The molecule has 0 fully saturated rings. The number of nitrogens with zero attached hydrogens (tertiary/aromatic N) is 2. The van der Waals surface area contributed by atoms with E-state index in [0.717, 1.165) is 31.2 Å². The van der Waals surface area contributed by atoms with E-state index in [1.165, 1.54) is 23.4 Å². The summed E-state index contributed by atoms with van der Waals surface area (Å²) in [6.45, 7) is 5.89. The molecule has 0 atom stereocenters. The summed E-state index contributed by atoms with van der Waals surface area (Å²) >= 11 is 0. The van der Waals surface area contributed by atoms with E-state index in [1.54, 1.807) is 6.07 Å². The zero-order chi connectivity index (χ0) is 18.2. The zero-order valence-corrected chi connectivity index (χ0v) is 15.1. The van der Waals surface area contributed by atoms with Crippen molar-refractivity contribution in [2.45, 2.75) is 20.0 Å². The first-order valence-corrected chi connectivity index (χ1v) is 9.00. The summed E-state index contributed by atoms with van der Waals surface area (Å²) in [5.74, 6) is 0.494. The number of guanidine groups is 1. The van der Waals surface area contributed by atoms with E-state index < -0.39 is 0 Å². The van der Waals surface area contributed by atoms with Crippen molar-refractivity contribution < 1.29 is 4.39 Å². The minimum atomic E-state index is -0.232. The molecule has 2 N–H and O–H groups in total. The molecule has 3 rings (SSSR count). The van der Waals surface area contributed by atoms with E-state index in [-0.39, 0.29) is 5.82 Å². The fourth-order valence-corrected chi connectivity index (χ4v) is 2.85. The number of halogens is 1. The normalized spacial score (nSPS) is 13.9. The van der Waals surface area contributed by atoms with Crippen LogP contribution in [-0.4, -0.2) is 25.6 Å². The monoisotopic (exact) mass is 352 g/mol. The second-order valence-corrected chi connectivity index (χ2v) is 6.22. The minimum Gasteiger partial charge on any atom is -0.364 e. The topological polar surface area (TPSA) is 39.7 Å². The number of hydrogen-bond donors (Lipinski definition) is 2. The summed E-state index contributed by atoms with van der Waals surface area (Å²) in [6, 6.07) is 15.1. The average molecular weight is 352 g/mol. The largest absolute Gasteiger partial charge is 0.364 e. The summed E-state index contributed by atoms with van der Waals surface area (Å²) in [5.41, 5.74) is 3.29. The van der Waals surface area contributed by atoms with Gasteiger partial charge in [0, 0.05) is 31.9 Å². The molecule has 0 aromatic heterocycles. The highest BCUT2D eigenvalue weighted by Crippen LogP contribution is 2.17. The summed E-state index contributed by atoms with van der Waals surface area (Å²) in [7, 11) is 0. The van der Waals surface area contributed by atoms with Gasteiger partial charge in [0.25, 0.3) is 0 Å². The van der Waals surface area contributed by atoms with Crippen LogP contribution in [0.4, 0.5) is 10.1 Å². The molecule has 0 radical (unpaired) electrons. The van der Waals surface area contributed by atoms with Crippen molar-refractivity contribution in [2.75, 3.05) is 24.5 Å². The maximum absolute atomic E-state index is 13.3. The summed E-state index contributed by atoms with van der Waals surface area (Å²) in [5, 5.41) is 6.55. The van der Waals surface area contributed by atoms with Crippen LogP contribution in [0.2, 0.25) is 0 Å². The Morgan fingerprint density at radius 1 is 1.04 bits per heavy atom. The Bertz CT molecular complexity index is 760. The van der Waals surface area contributed by atoms with Crippen LogP contribution in [0.15, 0.2) is 65.7 Å². The fourth-order valence-electron chi connectivity index (χ4n) is 2.85. The van der Waals surface area contributed by atoms with Gasteiger partial charge in [0.15, 0.2) is 5.96 Å². The number of benzene rings is 2. The first kappa shape index (κ1) is 18.0. The number of rotatable bonds is 6. The first-order valence-electron chi connectivity index (χ1n) is 9.00. The Labute approximate surface area is 154 Å². The third-order valence-corrected chi connectivity index (χ3v) is 4.23. The third-order valence-electron chi connectivity index (χ3n) is 4.23. The Hall–Kier alpha value is -2.82. The van der Waals surface area contributed by atoms with Crippen LogP contribution >= 0.6 is 0 Å². The molecule has 5 heteroatoms. The SMILES string of the molecule is CCNC(=NCc1cccc(F)c1)NCc1ccc(N2CC=CC2)cc1. The lowest BCUT2D eigenvalue weighted by molar-refractivity contribution is 0.625. The standard InChI is InChI=1S/C21H25FN4/c1-2-23-21(25-16-18-6-5-7-19(22)14-18)24-15-17-8-10-20(11-9-17)26-12-3-4-13-26/h3-11,14H,2,12-13,15-16H2,1H3,(H2,23,24,25). The van der Waals surface area contributed by atoms with E-state index in [9.17, 15) is 4.39 Å². The van der Waals surface area contributed by atoms with Crippen molar-refractivity contribution in [2.24, 2.45) is 4.99 Å². The molecule has 26 heavy (non-hydrogen) atoms. The highest BCUT2D eigenvalue weighted by atomic mass is 19.1. The maximum Gasteiger partial charge on any atom is 0.191 e. The van der Waals surface area contributed by atoms with Crippen LogP contribution in [0.3, 0.4) is 0 Å². The highest BCUT2D eigenvalue weighted by molar-refractivity contribution is 5.79. The van der Waals surface area contributed by atoms with E-state index in [1.807, 2.05) is 13.0 Å². The predicted molar refractivity (Wildman–Crippen MR) is 106 cm³/mol. The van der Waals surface area contributed by atoms with E-state index >= 15 is 0 Å². The smallest absolute Gasteiger partial charge is 0.191 e. The van der Waals surface area contributed by atoms with Gasteiger partial charge in [-0.1, -0.05) is 36.4 Å². The number of aliphatic imine (C=N–C) groups is 1. The molecule has 1 aliphatic heterocycles. The van der Waals surface area contributed by atoms with Gasteiger partial charge in [-0.2, -0.15) is 0 Å². The van der Waals surface area contributed by atoms with Crippen molar-refractivity contribution in [3.63, 3.8) is 0 Å². The van der Waals surface area contributed by atoms with Crippen LogP contribution < -0.4 is 15.5 Å². The van der Waals surface area contributed by atoms with Crippen molar-refractivity contribution in [3.8, 4) is 0 Å². The van der Waals surface area contributed by atoms with E-state index in [0.29, 0.717) is 13.1 Å². The van der Waals surface area contributed by atoms with Gasteiger partial charge in [-0.25, -0.2) is 9.38 Å². The molecule has 0 saturated carbocycles. The fraction of sp³-hybridized carbons (Fsp3) is 0.286. The van der Waals surface area contributed by atoms with Gasteiger partial charge >= 0.3 is 0 Å². The summed E-state index contributed by atoms with van der Waals surface area (Å²) in [6.07, 6.45) is 4.38.